The summed E-state index contributed by atoms with van der Waals surface area (Å²) in [6.07, 6.45) is -0.946. The van der Waals surface area contributed by atoms with Crippen molar-refractivity contribution in [2.24, 2.45) is 0 Å². The number of methoxy groups -OCH3 is 1. The number of nitrogens with one attached hydrogen (secondary N) is 1. The molecule has 1 aromatic heterocycles. The van der Waals surface area contributed by atoms with Gasteiger partial charge in [0.25, 0.3) is 0 Å². The first kappa shape index (κ1) is 22.1. The van der Waals surface area contributed by atoms with Crippen molar-refractivity contribution in [2.45, 2.75) is 51.0 Å². The number of ether oxygens (including phenoxy) is 2. The molecule has 0 aliphatic heterocycles. The van der Waals surface area contributed by atoms with Crippen LogP contribution in [0.5, 0.6) is 11.5 Å². The Labute approximate surface area is 167 Å². The zero-order valence-electron chi connectivity index (χ0n) is 16.5. The average molecular weight is 415 g/mol. The largest absolute Gasteiger partial charge is 0.573 e. The summed E-state index contributed by atoms with van der Waals surface area (Å²) < 4.78 is 46.7. The van der Waals surface area contributed by atoms with Gasteiger partial charge in [0.1, 0.15) is 16.5 Å². The van der Waals surface area contributed by atoms with Gasteiger partial charge in [-0.2, -0.15) is 0 Å². The first-order valence-corrected chi connectivity index (χ1v) is 10.1. The van der Waals surface area contributed by atoms with Crippen LogP contribution < -0.4 is 14.8 Å². The van der Waals surface area contributed by atoms with Crippen LogP contribution in [0.4, 0.5) is 19.0 Å². The Morgan fingerprint density at radius 1 is 1.18 bits per heavy atom. The van der Waals surface area contributed by atoms with Gasteiger partial charge in [0, 0.05) is 17.7 Å². The monoisotopic (exact) mass is 415 g/mol. The molecule has 0 saturated heterocycles. The van der Waals surface area contributed by atoms with Crippen LogP contribution in [-0.2, 0) is 0 Å². The molecule has 0 saturated carbocycles. The van der Waals surface area contributed by atoms with E-state index in [1.54, 1.807) is 0 Å². The van der Waals surface area contributed by atoms with Gasteiger partial charge < -0.3 is 14.8 Å². The van der Waals surface area contributed by atoms with Gasteiger partial charge in [-0.05, 0) is 38.2 Å². The van der Waals surface area contributed by atoms with E-state index >= 15 is 0 Å². The number of alkyl halides is 3. The maximum atomic E-state index is 12.5. The van der Waals surface area contributed by atoms with E-state index in [9.17, 15) is 13.2 Å². The van der Waals surface area contributed by atoms with Gasteiger partial charge >= 0.3 is 6.36 Å². The second kappa shape index (κ2) is 9.36. The third-order valence-electron chi connectivity index (χ3n) is 4.22. The predicted octanol–water partition coefficient (Wildman–Crippen LogP) is 5.68. The molecule has 1 aromatic carbocycles. The van der Waals surface area contributed by atoms with Crippen LogP contribution in [0.15, 0.2) is 23.2 Å². The van der Waals surface area contributed by atoms with E-state index in [-0.39, 0.29) is 11.5 Å². The Balaban J connectivity index is 2.47. The molecule has 0 amide bonds. The van der Waals surface area contributed by atoms with Crippen LogP contribution in [-0.4, -0.2) is 35.7 Å². The smallest absolute Gasteiger partial charge is 0.496 e. The number of anilines is 1. The van der Waals surface area contributed by atoms with Crippen LogP contribution in [0.25, 0.3) is 11.3 Å². The lowest BCUT2D eigenvalue weighted by atomic mass is 10.1. The minimum absolute atomic E-state index is 0.229. The predicted molar refractivity (Wildman–Crippen MR) is 105 cm³/mol. The van der Waals surface area contributed by atoms with Crippen molar-refractivity contribution < 1.29 is 22.6 Å². The molecule has 0 aliphatic carbocycles. The van der Waals surface area contributed by atoms with Crippen LogP contribution >= 0.6 is 11.8 Å². The Morgan fingerprint density at radius 3 is 2.39 bits per heavy atom. The maximum Gasteiger partial charge on any atom is 0.573 e. The summed E-state index contributed by atoms with van der Waals surface area (Å²) in [5, 5.41) is 4.12. The molecule has 28 heavy (non-hydrogen) atoms. The van der Waals surface area contributed by atoms with Crippen LogP contribution in [0.3, 0.4) is 0 Å². The van der Waals surface area contributed by atoms with Crippen molar-refractivity contribution in [3.05, 3.63) is 23.9 Å². The Kier molecular flexibility index (Phi) is 7.40. The average Bonchev–Trinajstić information content (AvgIpc) is 2.65. The highest BCUT2D eigenvalue weighted by Gasteiger charge is 2.31. The molecular weight excluding hydrogens is 391 g/mol. The van der Waals surface area contributed by atoms with E-state index in [4.69, 9.17) is 9.72 Å². The molecule has 0 unspecified atom stereocenters. The van der Waals surface area contributed by atoms with Crippen molar-refractivity contribution in [1.82, 2.24) is 9.97 Å². The molecule has 0 atom stereocenters. The number of aromatic nitrogens is 2. The fraction of sp³-hybridized carbons (Fsp3) is 0.474. The SMILES string of the molecule is CCC(CC)Nc1nc(C)c(-c2ccc(OC(F)(F)F)cc2OC)nc1SC. The molecule has 0 radical (unpaired) electrons. The zero-order chi connectivity index (χ0) is 20.9. The molecule has 1 heterocycles. The molecule has 154 valence electrons. The van der Waals surface area contributed by atoms with Crippen molar-refractivity contribution in [2.75, 3.05) is 18.7 Å². The summed E-state index contributed by atoms with van der Waals surface area (Å²) in [6, 6.07) is 4.22. The van der Waals surface area contributed by atoms with Gasteiger partial charge in [0.05, 0.1) is 18.5 Å². The summed E-state index contributed by atoms with van der Waals surface area (Å²) in [4.78, 5) is 9.34. The fourth-order valence-electron chi connectivity index (χ4n) is 2.75. The maximum absolute atomic E-state index is 12.5. The molecule has 0 bridgehead atoms. The van der Waals surface area contributed by atoms with Crippen molar-refractivity contribution in [3.63, 3.8) is 0 Å². The number of thioether (sulfide) groups is 1. The molecule has 5 nitrogen and oxygen atoms in total. The number of nitrogens with zero attached hydrogens (tertiary/aromatic N) is 2. The second-order valence-electron chi connectivity index (χ2n) is 6.08. The third-order valence-corrected chi connectivity index (χ3v) is 4.89. The van der Waals surface area contributed by atoms with Gasteiger partial charge in [-0.25, -0.2) is 9.97 Å². The zero-order valence-corrected chi connectivity index (χ0v) is 17.3. The highest BCUT2D eigenvalue weighted by molar-refractivity contribution is 7.98. The quantitative estimate of drug-likeness (QED) is 0.560. The summed E-state index contributed by atoms with van der Waals surface area (Å²) in [5.41, 5.74) is 1.75. The number of aryl methyl sites for hydroxylation is 1. The fourth-order valence-corrected chi connectivity index (χ4v) is 3.23. The minimum atomic E-state index is -4.77. The lowest BCUT2D eigenvalue weighted by Gasteiger charge is -2.19. The van der Waals surface area contributed by atoms with Crippen LogP contribution in [0.2, 0.25) is 0 Å². The van der Waals surface area contributed by atoms with Gasteiger partial charge in [0.15, 0.2) is 5.82 Å². The van der Waals surface area contributed by atoms with Crippen LogP contribution in [0, 0.1) is 6.92 Å². The first-order valence-electron chi connectivity index (χ1n) is 8.85. The molecule has 1 N–H and O–H groups in total. The molecule has 2 rings (SSSR count). The summed E-state index contributed by atoms with van der Waals surface area (Å²) >= 11 is 1.45. The van der Waals surface area contributed by atoms with E-state index in [2.05, 4.69) is 28.9 Å². The molecule has 0 fully saturated rings. The molecule has 0 spiro atoms. The van der Waals surface area contributed by atoms with Crippen LogP contribution in [0.1, 0.15) is 32.4 Å². The number of benzene rings is 1. The summed E-state index contributed by atoms with van der Waals surface area (Å²) in [5.74, 6) is 0.584. The standard InChI is InChI=1S/C19H24F3N3O2S/c1-6-12(7-2)24-17-18(28-5)25-16(11(3)23-17)14-9-8-13(10-15(14)26-4)27-19(20,21)22/h8-10,12H,6-7H2,1-5H3,(H,23,24). The van der Waals surface area contributed by atoms with Crippen molar-refractivity contribution in [1.29, 1.82) is 0 Å². The van der Waals surface area contributed by atoms with Gasteiger partial charge in [-0.3, -0.25) is 0 Å². The lowest BCUT2D eigenvalue weighted by Crippen LogP contribution is -2.19. The van der Waals surface area contributed by atoms with Gasteiger partial charge in [-0.15, -0.1) is 24.9 Å². The van der Waals surface area contributed by atoms with Crippen molar-refractivity contribution in [3.8, 4) is 22.8 Å². The molecule has 9 heteroatoms. The normalized spacial score (nSPS) is 11.6. The first-order chi connectivity index (χ1) is 13.2. The number of hydrogen-bond donors (Lipinski definition) is 1. The topological polar surface area (TPSA) is 56.3 Å². The molecule has 0 aliphatic rings. The lowest BCUT2D eigenvalue weighted by molar-refractivity contribution is -0.274. The summed E-state index contributed by atoms with van der Waals surface area (Å²) in [6.45, 7) is 6.01. The Bertz CT molecular complexity index is 812. The third kappa shape index (κ3) is 5.43. The van der Waals surface area contributed by atoms with Gasteiger partial charge in [-0.1, -0.05) is 13.8 Å². The van der Waals surface area contributed by atoms with E-state index < -0.39 is 6.36 Å². The summed E-state index contributed by atoms with van der Waals surface area (Å²) in [7, 11) is 1.39. The second-order valence-corrected chi connectivity index (χ2v) is 6.88. The number of hydrogen-bond acceptors (Lipinski definition) is 6. The molecule has 2 aromatic rings. The van der Waals surface area contributed by atoms with E-state index in [0.717, 1.165) is 12.8 Å². The highest BCUT2D eigenvalue weighted by atomic mass is 32.2. The minimum Gasteiger partial charge on any atom is -0.496 e. The van der Waals surface area contributed by atoms with Crippen molar-refractivity contribution >= 4 is 17.6 Å². The van der Waals surface area contributed by atoms with E-state index in [1.165, 1.54) is 37.1 Å². The van der Waals surface area contributed by atoms with Gasteiger partial charge in [0.2, 0.25) is 0 Å². The highest BCUT2D eigenvalue weighted by Crippen LogP contribution is 2.37. The Morgan fingerprint density at radius 2 is 1.86 bits per heavy atom. The molecular formula is C19H24F3N3O2S. The van der Waals surface area contributed by atoms with E-state index in [0.29, 0.717) is 33.8 Å². The van der Waals surface area contributed by atoms with E-state index in [1.807, 2.05) is 13.2 Å². The number of halogens is 3. The number of rotatable bonds is 8. The Hall–Kier alpha value is -2.16.